The Kier molecular flexibility index (Phi) is 4.45. The normalized spacial score (nSPS) is 18.2. The molecule has 0 saturated heterocycles. The van der Waals surface area contributed by atoms with Crippen molar-refractivity contribution in [1.82, 2.24) is 5.32 Å². The fourth-order valence-corrected chi connectivity index (χ4v) is 3.52. The van der Waals surface area contributed by atoms with Crippen LogP contribution in [0.5, 0.6) is 0 Å². The van der Waals surface area contributed by atoms with Crippen LogP contribution in [0.15, 0.2) is 23.1 Å². The molecule has 1 aromatic rings. The van der Waals surface area contributed by atoms with E-state index in [9.17, 15) is 9.59 Å². The van der Waals surface area contributed by atoms with Crippen molar-refractivity contribution in [3.8, 4) is 0 Å². The monoisotopic (exact) mass is 305 g/mol. The fraction of sp³-hybridized carbons (Fsp3) is 0.467. The quantitative estimate of drug-likeness (QED) is 0.797. The van der Waals surface area contributed by atoms with Crippen molar-refractivity contribution in [3.63, 3.8) is 0 Å². The summed E-state index contributed by atoms with van der Waals surface area (Å²) in [5, 5.41) is 8.98. The van der Waals surface area contributed by atoms with E-state index < -0.39 is 0 Å². The van der Waals surface area contributed by atoms with Gasteiger partial charge in [0.25, 0.3) is 0 Å². The number of fused-ring (bicyclic) bond motifs is 1. The van der Waals surface area contributed by atoms with E-state index in [2.05, 4.69) is 16.0 Å². The van der Waals surface area contributed by atoms with Crippen molar-refractivity contribution in [1.29, 1.82) is 0 Å². The topological polar surface area (TPSA) is 70.2 Å². The summed E-state index contributed by atoms with van der Waals surface area (Å²) in [5.41, 5.74) is 1.49. The molecule has 0 unspecified atom stereocenters. The van der Waals surface area contributed by atoms with E-state index in [1.807, 2.05) is 18.2 Å². The second-order valence-corrected chi connectivity index (χ2v) is 6.48. The fourth-order valence-electron chi connectivity index (χ4n) is 2.73. The van der Waals surface area contributed by atoms with Gasteiger partial charge in [-0.1, -0.05) is 12.8 Å². The number of amides is 2. The molecular weight excluding hydrogens is 286 g/mol. The van der Waals surface area contributed by atoms with Gasteiger partial charge < -0.3 is 16.0 Å². The second kappa shape index (κ2) is 6.49. The van der Waals surface area contributed by atoms with Crippen molar-refractivity contribution in [2.75, 3.05) is 22.9 Å². The minimum absolute atomic E-state index is 0.00104. The minimum atomic E-state index is -0.0448. The predicted molar refractivity (Wildman–Crippen MR) is 84.7 cm³/mol. The van der Waals surface area contributed by atoms with Gasteiger partial charge in [0.2, 0.25) is 11.8 Å². The first-order chi connectivity index (χ1) is 10.2. The van der Waals surface area contributed by atoms with Gasteiger partial charge in [0.15, 0.2) is 0 Å². The third-order valence-electron chi connectivity index (χ3n) is 3.80. The average Bonchev–Trinajstić information content (AvgIpc) is 2.98. The van der Waals surface area contributed by atoms with Crippen LogP contribution in [0.1, 0.15) is 25.7 Å². The molecule has 0 radical (unpaired) electrons. The van der Waals surface area contributed by atoms with Crippen LogP contribution in [0.3, 0.4) is 0 Å². The van der Waals surface area contributed by atoms with Gasteiger partial charge in [-0.15, -0.1) is 11.8 Å². The molecule has 6 heteroatoms. The van der Waals surface area contributed by atoms with E-state index in [4.69, 9.17) is 0 Å². The van der Waals surface area contributed by atoms with Crippen molar-refractivity contribution in [2.45, 2.75) is 36.6 Å². The van der Waals surface area contributed by atoms with E-state index in [1.165, 1.54) is 24.6 Å². The summed E-state index contributed by atoms with van der Waals surface area (Å²) in [7, 11) is 0. The van der Waals surface area contributed by atoms with Crippen LogP contribution in [0.4, 0.5) is 11.4 Å². The highest BCUT2D eigenvalue weighted by molar-refractivity contribution is 8.00. The molecule has 3 rings (SSSR count). The van der Waals surface area contributed by atoms with Crippen LogP contribution >= 0.6 is 11.8 Å². The zero-order chi connectivity index (χ0) is 14.7. The van der Waals surface area contributed by atoms with Crippen LogP contribution < -0.4 is 16.0 Å². The van der Waals surface area contributed by atoms with Crippen LogP contribution in [0.25, 0.3) is 0 Å². The number of anilines is 2. The molecule has 2 aliphatic rings. The number of hydrogen-bond donors (Lipinski definition) is 3. The Morgan fingerprint density at radius 2 is 2.14 bits per heavy atom. The zero-order valence-electron chi connectivity index (χ0n) is 11.8. The van der Waals surface area contributed by atoms with Gasteiger partial charge in [-0.05, 0) is 31.0 Å². The Morgan fingerprint density at radius 3 is 2.95 bits per heavy atom. The van der Waals surface area contributed by atoms with E-state index in [0.717, 1.165) is 29.1 Å². The lowest BCUT2D eigenvalue weighted by Gasteiger charge is -2.17. The van der Waals surface area contributed by atoms with E-state index in [0.29, 0.717) is 18.3 Å². The maximum absolute atomic E-state index is 11.9. The zero-order valence-corrected chi connectivity index (χ0v) is 12.6. The van der Waals surface area contributed by atoms with Gasteiger partial charge in [0.1, 0.15) is 0 Å². The summed E-state index contributed by atoms with van der Waals surface area (Å²) in [6.07, 6.45) is 4.83. The smallest absolute Gasteiger partial charge is 0.238 e. The Morgan fingerprint density at radius 1 is 1.33 bits per heavy atom. The molecule has 1 fully saturated rings. The van der Waals surface area contributed by atoms with E-state index >= 15 is 0 Å². The Bertz CT molecular complexity index is 556. The minimum Gasteiger partial charge on any atom is -0.325 e. The number of rotatable bonds is 4. The van der Waals surface area contributed by atoms with E-state index in [-0.39, 0.29) is 11.8 Å². The standard InChI is InChI=1S/C15H19N3O2S/c19-14(8-16-10-3-1-2-4-10)17-11-5-6-13-12(7-11)18-15(20)9-21-13/h5-7,10,16H,1-4,8-9H2,(H,17,19)(H,18,20). The Hall–Kier alpha value is -1.53. The first-order valence-electron chi connectivity index (χ1n) is 7.30. The lowest BCUT2D eigenvalue weighted by Crippen LogP contribution is -2.34. The summed E-state index contributed by atoms with van der Waals surface area (Å²) in [6.45, 7) is 0.336. The molecule has 5 nitrogen and oxygen atoms in total. The highest BCUT2D eigenvalue weighted by Gasteiger charge is 2.17. The lowest BCUT2D eigenvalue weighted by atomic mass is 10.2. The molecule has 0 spiro atoms. The molecule has 0 bridgehead atoms. The summed E-state index contributed by atoms with van der Waals surface area (Å²) in [6, 6.07) is 6.10. The molecule has 112 valence electrons. The van der Waals surface area contributed by atoms with Gasteiger partial charge in [-0.25, -0.2) is 0 Å². The van der Waals surface area contributed by atoms with Gasteiger partial charge in [0.05, 0.1) is 18.0 Å². The first kappa shape index (κ1) is 14.4. The number of carbonyl (C=O) groups is 2. The highest BCUT2D eigenvalue weighted by Crippen LogP contribution is 2.33. The summed E-state index contributed by atoms with van der Waals surface area (Å²) in [4.78, 5) is 24.4. The molecule has 1 saturated carbocycles. The molecule has 1 heterocycles. The Balaban J connectivity index is 1.55. The summed E-state index contributed by atoms with van der Waals surface area (Å²) in [5.74, 6) is 0.403. The van der Waals surface area contributed by atoms with Crippen LogP contribution in [0, 0.1) is 0 Å². The SMILES string of the molecule is O=C(CNC1CCCC1)Nc1ccc2c(c1)NC(=O)CS2. The third-order valence-corrected chi connectivity index (χ3v) is 4.88. The van der Waals surface area contributed by atoms with Crippen molar-refractivity contribution in [2.24, 2.45) is 0 Å². The molecule has 1 aromatic carbocycles. The number of carbonyl (C=O) groups excluding carboxylic acids is 2. The number of thioether (sulfide) groups is 1. The third kappa shape index (κ3) is 3.77. The largest absolute Gasteiger partial charge is 0.325 e. The predicted octanol–water partition coefficient (Wildman–Crippen LogP) is 2.20. The number of hydrogen-bond acceptors (Lipinski definition) is 4. The van der Waals surface area contributed by atoms with Gasteiger partial charge in [-0.2, -0.15) is 0 Å². The van der Waals surface area contributed by atoms with E-state index in [1.54, 1.807) is 0 Å². The van der Waals surface area contributed by atoms with Gasteiger partial charge >= 0.3 is 0 Å². The molecule has 1 aliphatic heterocycles. The first-order valence-corrected chi connectivity index (χ1v) is 8.29. The average molecular weight is 305 g/mol. The molecular formula is C15H19N3O2S. The molecule has 21 heavy (non-hydrogen) atoms. The maximum atomic E-state index is 11.9. The van der Waals surface area contributed by atoms with Crippen LogP contribution in [-0.2, 0) is 9.59 Å². The number of benzene rings is 1. The van der Waals surface area contributed by atoms with Gasteiger partial charge in [-0.3, -0.25) is 9.59 Å². The van der Waals surface area contributed by atoms with Crippen molar-refractivity contribution < 1.29 is 9.59 Å². The lowest BCUT2D eigenvalue weighted by molar-refractivity contribution is -0.115. The van der Waals surface area contributed by atoms with Crippen LogP contribution in [0.2, 0.25) is 0 Å². The van der Waals surface area contributed by atoms with Crippen molar-refractivity contribution in [3.05, 3.63) is 18.2 Å². The van der Waals surface area contributed by atoms with Crippen LogP contribution in [-0.4, -0.2) is 30.2 Å². The Labute approximate surface area is 128 Å². The second-order valence-electron chi connectivity index (χ2n) is 5.46. The van der Waals surface area contributed by atoms with Gasteiger partial charge in [0, 0.05) is 16.6 Å². The summed E-state index contributed by atoms with van der Waals surface area (Å²) < 4.78 is 0. The molecule has 1 aliphatic carbocycles. The highest BCUT2D eigenvalue weighted by atomic mass is 32.2. The molecule has 0 atom stereocenters. The molecule has 3 N–H and O–H groups in total. The van der Waals surface area contributed by atoms with Crippen molar-refractivity contribution >= 4 is 35.0 Å². The number of nitrogens with one attached hydrogen (secondary N) is 3. The molecule has 2 amide bonds. The molecule has 0 aromatic heterocycles. The summed E-state index contributed by atoms with van der Waals surface area (Å²) >= 11 is 1.51. The maximum Gasteiger partial charge on any atom is 0.238 e.